The van der Waals surface area contributed by atoms with Crippen LogP contribution in [0.4, 0.5) is 0 Å². The number of benzene rings is 6. The third-order valence-electron chi connectivity index (χ3n) is 10.2. The molecule has 41 heavy (non-hydrogen) atoms. The standard InChI is InChI=1S/C40H31N/c1-39(2)32-15-9-6-13-30(32)37-33(39)22-18-24-17-20-29-28-12-7-10-16-35(28)41(38(29)36(24)37)25-19-21-27-26-11-5-8-14-31(26)40(3,4)34(27)23-25/h5-23H,1-4H3. The molecular weight excluding hydrogens is 494 g/mol. The zero-order valence-corrected chi connectivity index (χ0v) is 23.9. The maximum Gasteiger partial charge on any atom is 0.0625 e. The predicted molar refractivity (Wildman–Crippen MR) is 173 cm³/mol. The van der Waals surface area contributed by atoms with Crippen molar-refractivity contribution in [2.45, 2.75) is 38.5 Å². The Labute approximate surface area is 240 Å². The molecule has 2 aliphatic carbocycles. The molecule has 2 aliphatic rings. The predicted octanol–water partition coefficient (Wildman–Crippen LogP) is 10.5. The summed E-state index contributed by atoms with van der Waals surface area (Å²) in [4.78, 5) is 0. The number of nitrogens with zero attached hydrogens (tertiary/aromatic N) is 1. The topological polar surface area (TPSA) is 4.93 Å². The van der Waals surface area contributed by atoms with Crippen LogP contribution < -0.4 is 0 Å². The van der Waals surface area contributed by atoms with Crippen molar-refractivity contribution < 1.29 is 0 Å². The fourth-order valence-corrected chi connectivity index (χ4v) is 8.16. The van der Waals surface area contributed by atoms with Crippen molar-refractivity contribution in [1.82, 2.24) is 4.57 Å². The van der Waals surface area contributed by atoms with Crippen molar-refractivity contribution in [1.29, 1.82) is 0 Å². The van der Waals surface area contributed by atoms with Gasteiger partial charge < -0.3 is 4.57 Å². The zero-order valence-electron chi connectivity index (χ0n) is 23.9. The van der Waals surface area contributed by atoms with Crippen molar-refractivity contribution in [2.24, 2.45) is 0 Å². The van der Waals surface area contributed by atoms with E-state index >= 15 is 0 Å². The number of aromatic nitrogens is 1. The molecule has 0 unspecified atom stereocenters. The second-order valence-corrected chi connectivity index (χ2v) is 13.0. The molecule has 0 saturated heterocycles. The van der Waals surface area contributed by atoms with Crippen LogP contribution in [0.2, 0.25) is 0 Å². The van der Waals surface area contributed by atoms with E-state index in [0.717, 1.165) is 0 Å². The maximum absolute atomic E-state index is 2.54. The van der Waals surface area contributed by atoms with Crippen LogP contribution in [0.1, 0.15) is 49.9 Å². The normalized spacial score (nSPS) is 15.7. The largest absolute Gasteiger partial charge is 0.309 e. The van der Waals surface area contributed by atoms with Gasteiger partial charge in [-0.1, -0.05) is 125 Å². The lowest BCUT2D eigenvalue weighted by Gasteiger charge is -2.23. The SMILES string of the molecule is CC1(C)c2ccccc2-c2ccc(-n3c4ccccc4c4ccc5ccc6c(c5c43)-c3ccccc3C6(C)C)cc21. The molecule has 7 aromatic rings. The molecular formula is C40H31N. The highest BCUT2D eigenvalue weighted by molar-refractivity contribution is 6.23. The summed E-state index contributed by atoms with van der Waals surface area (Å²) in [6.45, 7) is 9.49. The van der Waals surface area contributed by atoms with E-state index in [4.69, 9.17) is 0 Å². The minimum absolute atomic E-state index is 0.0392. The van der Waals surface area contributed by atoms with Gasteiger partial charge in [0, 0.05) is 32.7 Å². The molecule has 0 atom stereocenters. The summed E-state index contributed by atoms with van der Waals surface area (Å²) in [7, 11) is 0. The summed E-state index contributed by atoms with van der Waals surface area (Å²) in [5, 5.41) is 5.27. The minimum Gasteiger partial charge on any atom is -0.309 e. The summed E-state index contributed by atoms with van der Waals surface area (Å²) in [5.41, 5.74) is 14.8. The third-order valence-corrected chi connectivity index (χ3v) is 10.2. The molecule has 0 N–H and O–H groups in total. The van der Waals surface area contributed by atoms with Crippen LogP contribution in [0.25, 0.3) is 60.5 Å². The van der Waals surface area contributed by atoms with Crippen molar-refractivity contribution >= 4 is 32.6 Å². The molecule has 0 bridgehead atoms. The number of rotatable bonds is 1. The van der Waals surface area contributed by atoms with Crippen LogP contribution >= 0.6 is 0 Å². The number of fused-ring (bicyclic) bond motifs is 12. The Hall–Kier alpha value is -4.62. The highest BCUT2D eigenvalue weighted by Gasteiger charge is 2.38. The zero-order chi connectivity index (χ0) is 27.7. The van der Waals surface area contributed by atoms with E-state index in [1.807, 2.05) is 0 Å². The Kier molecular flexibility index (Phi) is 4.26. The first-order chi connectivity index (χ1) is 19.9. The van der Waals surface area contributed by atoms with Gasteiger partial charge in [-0.25, -0.2) is 0 Å². The molecule has 1 aromatic heterocycles. The Morgan fingerprint density at radius 3 is 1.95 bits per heavy atom. The monoisotopic (exact) mass is 525 g/mol. The molecule has 196 valence electrons. The molecule has 6 aromatic carbocycles. The highest BCUT2D eigenvalue weighted by atomic mass is 15.0. The van der Waals surface area contributed by atoms with E-state index < -0.39 is 0 Å². The van der Waals surface area contributed by atoms with Crippen LogP contribution in [-0.2, 0) is 10.8 Å². The van der Waals surface area contributed by atoms with E-state index in [2.05, 4.69) is 148 Å². The molecule has 0 fully saturated rings. The van der Waals surface area contributed by atoms with Crippen LogP contribution in [0.3, 0.4) is 0 Å². The lowest BCUT2D eigenvalue weighted by Crippen LogP contribution is -2.15. The van der Waals surface area contributed by atoms with E-state index in [1.165, 1.54) is 82.8 Å². The van der Waals surface area contributed by atoms with Crippen LogP contribution in [-0.4, -0.2) is 4.57 Å². The molecule has 1 heterocycles. The molecule has 0 spiro atoms. The number of para-hydroxylation sites is 1. The van der Waals surface area contributed by atoms with Crippen LogP contribution in [0, 0.1) is 0 Å². The van der Waals surface area contributed by atoms with E-state index in [9.17, 15) is 0 Å². The molecule has 0 radical (unpaired) electrons. The quantitative estimate of drug-likeness (QED) is 0.201. The Bertz CT molecular complexity index is 2260. The maximum atomic E-state index is 2.54. The first-order valence-electron chi connectivity index (χ1n) is 14.7. The highest BCUT2D eigenvalue weighted by Crippen LogP contribution is 2.54. The van der Waals surface area contributed by atoms with Gasteiger partial charge in [0.15, 0.2) is 0 Å². The molecule has 1 nitrogen and oxygen atoms in total. The van der Waals surface area contributed by atoms with Gasteiger partial charge in [0.2, 0.25) is 0 Å². The van der Waals surface area contributed by atoms with Gasteiger partial charge in [-0.05, 0) is 68.1 Å². The fourth-order valence-electron chi connectivity index (χ4n) is 8.16. The van der Waals surface area contributed by atoms with Gasteiger partial charge in [-0.3, -0.25) is 0 Å². The average molecular weight is 526 g/mol. The van der Waals surface area contributed by atoms with Crippen molar-refractivity contribution in [3.05, 3.63) is 138 Å². The Morgan fingerprint density at radius 1 is 0.488 bits per heavy atom. The molecule has 0 saturated carbocycles. The summed E-state index contributed by atoms with van der Waals surface area (Å²) in [5.74, 6) is 0. The first-order valence-corrected chi connectivity index (χ1v) is 14.7. The summed E-state index contributed by atoms with van der Waals surface area (Å²) >= 11 is 0. The average Bonchev–Trinajstić information content (AvgIpc) is 3.54. The second-order valence-electron chi connectivity index (χ2n) is 13.0. The molecule has 0 aliphatic heterocycles. The van der Waals surface area contributed by atoms with Crippen molar-refractivity contribution in [2.75, 3.05) is 0 Å². The smallest absolute Gasteiger partial charge is 0.0625 e. The Balaban J connectivity index is 1.45. The van der Waals surface area contributed by atoms with Crippen LogP contribution in [0.5, 0.6) is 0 Å². The van der Waals surface area contributed by atoms with Gasteiger partial charge in [0.25, 0.3) is 0 Å². The molecule has 0 amide bonds. The first kappa shape index (κ1) is 23.1. The summed E-state index contributed by atoms with van der Waals surface area (Å²) in [6, 6.07) is 43.4. The third kappa shape index (κ3) is 2.77. The van der Waals surface area contributed by atoms with Crippen LogP contribution in [0.15, 0.2) is 115 Å². The summed E-state index contributed by atoms with van der Waals surface area (Å²) < 4.78 is 2.54. The van der Waals surface area contributed by atoms with Gasteiger partial charge in [-0.15, -0.1) is 0 Å². The minimum atomic E-state index is -0.0486. The van der Waals surface area contributed by atoms with Gasteiger partial charge >= 0.3 is 0 Å². The van der Waals surface area contributed by atoms with Gasteiger partial charge in [0.1, 0.15) is 0 Å². The molecule has 1 heteroatoms. The number of hydrogen-bond acceptors (Lipinski definition) is 0. The molecule has 9 rings (SSSR count). The Morgan fingerprint density at radius 2 is 1.12 bits per heavy atom. The van der Waals surface area contributed by atoms with E-state index in [1.54, 1.807) is 0 Å². The van der Waals surface area contributed by atoms with E-state index in [0.29, 0.717) is 0 Å². The van der Waals surface area contributed by atoms with Gasteiger partial charge in [-0.2, -0.15) is 0 Å². The second kappa shape index (κ2) is 7.56. The summed E-state index contributed by atoms with van der Waals surface area (Å²) in [6.07, 6.45) is 0. The lowest BCUT2D eigenvalue weighted by atomic mass is 9.82. The van der Waals surface area contributed by atoms with E-state index in [-0.39, 0.29) is 10.8 Å². The van der Waals surface area contributed by atoms with Gasteiger partial charge in [0.05, 0.1) is 11.0 Å². The number of hydrogen-bond donors (Lipinski definition) is 0. The lowest BCUT2D eigenvalue weighted by molar-refractivity contribution is 0.660. The fraction of sp³-hybridized carbons (Fsp3) is 0.150. The van der Waals surface area contributed by atoms with Crippen molar-refractivity contribution in [3.63, 3.8) is 0 Å². The van der Waals surface area contributed by atoms with Crippen molar-refractivity contribution in [3.8, 4) is 27.9 Å².